The average molecular weight is 418 g/mol. The maximum atomic E-state index is 13.0. The maximum Gasteiger partial charge on any atom is 0.248 e. The molecule has 1 aromatic heterocycles. The quantitative estimate of drug-likeness (QED) is 0.535. The van der Waals surface area contributed by atoms with Gasteiger partial charge in [-0.1, -0.05) is 49.0 Å². The molecule has 30 heavy (non-hydrogen) atoms. The summed E-state index contributed by atoms with van der Waals surface area (Å²) >= 11 is 1.54. The van der Waals surface area contributed by atoms with Crippen LogP contribution >= 0.6 is 11.3 Å². The van der Waals surface area contributed by atoms with Crippen molar-refractivity contribution in [2.45, 2.75) is 31.6 Å². The predicted molar refractivity (Wildman–Crippen MR) is 121 cm³/mol. The van der Waals surface area contributed by atoms with E-state index in [0.717, 1.165) is 16.7 Å². The van der Waals surface area contributed by atoms with E-state index in [4.69, 9.17) is 5.73 Å². The predicted octanol–water partition coefficient (Wildman–Crippen LogP) is 4.93. The number of anilines is 1. The zero-order valence-corrected chi connectivity index (χ0v) is 17.5. The van der Waals surface area contributed by atoms with Gasteiger partial charge in [0, 0.05) is 16.6 Å². The zero-order chi connectivity index (χ0) is 21.3. The van der Waals surface area contributed by atoms with Crippen molar-refractivity contribution in [1.29, 1.82) is 0 Å². The van der Waals surface area contributed by atoms with Crippen LogP contribution in [0.15, 0.2) is 61.3 Å². The highest BCUT2D eigenvalue weighted by Gasteiger charge is 2.27. The topological polar surface area (TPSA) is 85.1 Å². The molecule has 5 nitrogen and oxygen atoms in total. The van der Waals surface area contributed by atoms with Crippen LogP contribution in [0.25, 0.3) is 16.7 Å². The van der Waals surface area contributed by atoms with Crippen molar-refractivity contribution < 1.29 is 9.59 Å². The van der Waals surface area contributed by atoms with Gasteiger partial charge in [-0.25, -0.2) is 4.98 Å². The van der Waals surface area contributed by atoms with Gasteiger partial charge in [-0.05, 0) is 54.0 Å². The normalized spacial score (nSPS) is 14.2. The fourth-order valence-electron chi connectivity index (χ4n) is 3.39. The second kappa shape index (κ2) is 8.24. The summed E-state index contributed by atoms with van der Waals surface area (Å²) in [5, 5.41) is 3.57. The molecule has 0 saturated heterocycles. The highest BCUT2D eigenvalue weighted by atomic mass is 32.1. The van der Waals surface area contributed by atoms with E-state index >= 15 is 0 Å². The lowest BCUT2D eigenvalue weighted by Crippen LogP contribution is -2.20. The Morgan fingerprint density at radius 2 is 1.93 bits per heavy atom. The van der Waals surface area contributed by atoms with Gasteiger partial charge in [0.15, 0.2) is 5.13 Å². The molecule has 2 amide bonds. The number of primary amides is 1. The first-order valence-electron chi connectivity index (χ1n) is 9.89. The second-order valence-electron chi connectivity index (χ2n) is 7.56. The molecule has 1 aliphatic carbocycles. The van der Waals surface area contributed by atoms with Gasteiger partial charge in [-0.2, -0.15) is 0 Å². The maximum absolute atomic E-state index is 13.0. The Bertz CT molecular complexity index is 1120. The molecule has 152 valence electrons. The second-order valence-corrected chi connectivity index (χ2v) is 8.63. The van der Waals surface area contributed by atoms with E-state index < -0.39 is 11.8 Å². The lowest BCUT2D eigenvalue weighted by Gasteiger charge is -2.18. The van der Waals surface area contributed by atoms with Crippen LogP contribution in [0.5, 0.6) is 0 Å². The van der Waals surface area contributed by atoms with Crippen molar-refractivity contribution >= 4 is 33.9 Å². The molecule has 1 aliphatic rings. The van der Waals surface area contributed by atoms with Gasteiger partial charge in [0.1, 0.15) is 0 Å². The van der Waals surface area contributed by atoms with Crippen LogP contribution in [0.3, 0.4) is 0 Å². The Hall–Kier alpha value is -3.25. The first-order valence-corrected chi connectivity index (χ1v) is 10.7. The van der Waals surface area contributed by atoms with E-state index in [1.54, 1.807) is 0 Å². The molecule has 4 rings (SSSR count). The van der Waals surface area contributed by atoms with E-state index in [2.05, 4.69) is 16.9 Å². The Labute approximate surface area is 179 Å². The van der Waals surface area contributed by atoms with Crippen molar-refractivity contribution in [2.24, 2.45) is 5.73 Å². The molecule has 1 fully saturated rings. The number of amides is 2. The molecule has 0 radical (unpaired) electrons. The fourth-order valence-corrected chi connectivity index (χ4v) is 4.38. The van der Waals surface area contributed by atoms with Gasteiger partial charge in [0.05, 0.1) is 5.92 Å². The molecule has 1 atom stereocenters. The van der Waals surface area contributed by atoms with Gasteiger partial charge < -0.3 is 11.1 Å². The van der Waals surface area contributed by atoms with Gasteiger partial charge >= 0.3 is 0 Å². The number of rotatable bonds is 7. The van der Waals surface area contributed by atoms with Crippen molar-refractivity contribution in [3.05, 3.63) is 77.3 Å². The minimum Gasteiger partial charge on any atom is -0.366 e. The Balaban J connectivity index is 1.66. The number of aromatic nitrogens is 1. The van der Waals surface area contributed by atoms with Crippen LogP contribution in [0.2, 0.25) is 0 Å². The summed E-state index contributed by atoms with van der Waals surface area (Å²) in [5.74, 6) is -0.590. The summed E-state index contributed by atoms with van der Waals surface area (Å²) < 4.78 is 0. The number of nitrogens with zero attached hydrogens (tertiary/aromatic N) is 1. The van der Waals surface area contributed by atoms with Crippen LogP contribution in [-0.4, -0.2) is 16.8 Å². The van der Waals surface area contributed by atoms with Crippen LogP contribution < -0.4 is 11.1 Å². The molecule has 0 aliphatic heterocycles. The van der Waals surface area contributed by atoms with Crippen LogP contribution in [0, 0.1) is 0 Å². The molecule has 0 bridgehead atoms. The van der Waals surface area contributed by atoms with Gasteiger partial charge in [0.25, 0.3) is 0 Å². The third-order valence-electron chi connectivity index (χ3n) is 5.38. The van der Waals surface area contributed by atoms with E-state index in [9.17, 15) is 9.59 Å². The number of carbonyl (C=O) groups excluding carboxylic acids is 2. The summed E-state index contributed by atoms with van der Waals surface area (Å²) in [6.07, 6.45) is 4.25. The summed E-state index contributed by atoms with van der Waals surface area (Å²) in [7, 11) is 0. The van der Waals surface area contributed by atoms with Crippen molar-refractivity contribution in [3.8, 4) is 11.1 Å². The van der Waals surface area contributed by atoms with Crippen LogP contribution in [0.1, 0.15) is 47.6 Å². The Morgan fingerprint density at radius 1 is 1.20 bits per heavy atom. The van der Waals surface area contributed by atoms with Crippen molar-refractivity contribution in [2.75, 3.05) is 5.32 Å². The minimum absolute atomic E-state index is 0.147. The van der Waals surface area contributed by atoms with Gasteiger partial charge in [-0.3, -0.25) is 9.59 Å². The van der Waals surface area contributed by atoms with E-state index in [1.165, 1.54) is 29.1 Å². The molecule has 3 aromatic rings. The molecule has 0 spiro atoms. The average Bonchev–Trinajstić information content (AvgIpc) is 3.51. The minimum atomic E-state index is -0.582. The number of carbonyl (C=O) groups is 2. The van der Waals surface area contributed by atoms with E-state index in [0.29, 0.717) is 16.6 Å². The lowest BCUT2D eigenvalue weighted by molar-refractivity contribution is -0.117. The van der Waals surface area contributed by atoms with Crippen molar-refractivity contribution in [1.82, 2.24) is 4.98 Å². The van der Waals surface area contributed by atoms with Crippen LogP contribution in [0.4, 0.5) is 5.13 Å². The monoisotopic (exact) mass is 417 g/mol. The zero-order valence-electron chi connectivity index (χ0n) is 16.7. The first kappa shape index (κ1) is 20.0. The fraction of sp³-hybridized carbons (Fsp3) is 0.208. The third kappa shape index (κ3) is 4.19. The number of thiazole rings is 1. The molecular formula is C24H23N3O2S. The molecule has 1 unspecified atom stereocenters. The first-order chi connectivity index (χ1) is 14.4. The summed E-state index contributed by atoms with van der Waals surface area (Å²) in [6, 6.07) is 15.4. The van der Waals surface area contributed by atoms with E-state index in [-0.39, 0.29) is 11.5 Å². The summed E-state index contributed by atoms with van der Waals surface area (Å²) in [6.45, 7) is 5.63. The molecule has 3 N–H and O–H groups in total. The SMILES string of the molecule is C=C(C(N)=O)c1ccc(-c2ccccc2)c(C(C)C(=O)Nc2ncc(C3CC3)s2)c1. The Kier molecular flexibility index (Phi) is 5.50. The Morgan fingerprint density at radius 3 is 2.60 bits per heavy atom. The largest absolute Gasteiger partial charge is 0.366 e. The van der Waals surface area contributed by atoms with Crippen LogP contribution in [-0.2, 0) is 9.59 Å². The molecular weight excluding hydrogens is 394 g/mol. The summed E-state index contributed by atoms with van der Waals surface area (Å²) in [4.78, 5) is 30.2. The third-order valence-corrected chi connectivity index (χ3v) is 6.45. The highest BCUT2D eigenvalue weighted by Crippen LogP contribution is 2.43. The van der Waals surface area contributed by atoms with E-state index in [1.807, 2.05) is 61.7 Å². The number of nitrogens with two attached hydrogens (primary N) is 1. The number of benzene rings is 2. The molecule has 6 heteroatoms. The summed E-state index contributed by atoms with van der Waals surface area (Å²) in [5.41, 5.74) is 8.97. The lowest BCUT2D eigenvalue weighted by atomic mass is 9.88. The van der Waals surface area contributed by atoms with Crippen molar-refractivity contribution in [3.63, 3.8) is 0 Å². The number of nitrogens with one attached hydrogen (secondary N) is 1. The molecule has 2 aromatic carbocycles. The molecule has 1 heterocycles. The van der Waals surface area contributed by atoms with Gasteiger partial charge in [-0.15, -0.1) is 11.3 Å². The highest BCUT2D eigenvalue weighted by molar-refractivity contribution is 7.15. The smallest absolute Gasteiger partial charge is 0.248 e. The van der Waals surface area contributed by atoms with Gasteiger partial charge in [0.2, 0.25) is 11.8 Å². The number of hydrogen-bond acceptors (Lipinski definition) is 4. The standard InChI is InChI=1S/C24H23N3O2S/c1-14(22(25)28)18-10-11-19(16-6-4-3-5-7-16)20(12-18)15(2)23(29)27-24-26-13-21(30-24)17-8-9-17/h3-7,10-13,15,17H,1,8-9H2,2H3,(H2,25,28)(H,26,27,29). The molecule has 1 saturated carbocycles. The number of hydrogen-bond donors (Lipinski definition) is 2.